The Labute approximate surface area is 143 Å². The van der Waals surface area contributed by atoms with Crippen LogP contribution in [0.1, 0.15) is 30.9 Å². The van der Waals surface area contributed by atoms with Gasteiger partial charge in [-0.05, 0) is 37.4 Å². The summed E-state index contributed by atoms with van der Waals surface area (Å²) in [6.07, 6.45) is 2.17. The molecule has 3 rings (SSSR count). The molecular weight excluding hydrogens is 314 g/mol. The van der Waals surface area contributed by atoms with Crippen molar-refractivity contribution in [2.24, 2.45) is 11.7 Å². The Morgan fingerprint density at radius 3 is 2.61 bits per heavy atom. The topological polar surface area (TPSA) is 75.4 Å². The minimum absolute atomic E-state index is 0. The molecule has 3 atom stereocenters. The van der Waals surface area contributed by atoms with Gasteiger partial charge in [0.1, 0.15) is 6.04 Å². The number of benzene rings is 1. The highest BCUT2D eigenvalue weighted by molar-refractivity contribution is 5.88. The van der Waals surface area contributed by atoms with E-state index in [0.29, 0.717) is 19.0 Å². The number of hydrogen-bond donors (Lipinski definition) is 2. The van der Waals surface area contributed by atoms with Crippen molar-refractivity contribution in [3.8, 4) is 0 Å². The van der Waals surface area contributed by atoms with E-state index in [1.54, 1.807) is 4.90 Å². The molecule has 2 amide bonds. The van der Waals surface area contributed by atoms with Crippen LogP contribution >= 0.6 is 12.4 Å². The molecule has 0 spiro atoms. The van der Waals surface area contributed by atoms with E-state index >= 15 is 0 Å². The molecule has 3 N–H and O–H groups in total. The maximum atomic E-state index is 12.9. The van der Waals surface area contributed by atoms with Crippen LogP contribution in [0, 0.1) is 5.92 Å². The molecule has 1 saturated heterocycles. The number of hydrogen-bond acceptors (Lipinski definition) is 3. The normalized spacial score (nSPS) is 26.8. The number of nitrogens with two attached hydrogens (primary N) is 1. The summed E-state index contributed by atoms with van der Waals surface area (Å²) in [5.74, 6) is -0.347. The molecule has 1 aromatic rings. The van der Waals surface area contributed by atoms with Gasteiger partial charge in [0.05, 0.1) is 0 Å². The lowest BCUT2D eigenvalue weighted by Crippen LogP contribution is -2.54. The van der Waals surface area contributed by atoms with Gasteiger partial charge in [-0.25, -0.2) is 0 Å². The Hall–Kier alpha value is -1.59. The SMILES string of the molecule is C[C@H]1C[C@@H](C(=O)N2Cc3ccccc3CC2C(N)=O)CCN1.Cl. The fourth-order valence-electron chi connectivity index (χ4n) is 3.60. The van der Waals surface area contributed by atoms with Crippen molar-refractivity contribution in [3.63, 3.8) is 0 Å². The molecule has 0 radical (unpaired) electrons. The molecule has 1 unspecified atom stereocenters. The third kappa shape index (κ3) is 3.67. The van der Waals surface area contributed by atoms with E-state index in [9.17, 15) is 9.59 Å². The zero-order chi connectivity index (χ0) is 15.7. The molecule has 126 valence electrons. The van der Waals surface area contributed by atoms with Crippen LogP contribution in [0.3, 0.4) is 0 Å². The second-order valence-electron chi connectivity index (χ2n) is 6.43. The number of halogens is 1. The molecule has 5 nitrogen and oxygen atoms in total. The molecular formula is C17H24ClN3O2. The number of fused-ring (bicyclic) bond motifs is 1. The van der Waals surface area contributed by atoms with Crippen molar-refractivity contribution in [2.45, 2.75) is 44.8 Å². The first-order valence-electron chi connectivity index (χ1n) is 7.96. The lowest BCUT2D eigenvalue weighted by Gasteiger charge is -2.38. The van der Waals surface area contributed by atoms with Crippen molar-refractivity contribution in [2.75, 3.05) is 6.54 Å². The Kier molecular flexibility index (Phi) is 5.65. The van der Waals surface area contributed by atoms with Crippen LogP contribution in [0.2, 0.25) is 0 Å². The molecule has 0 bridgehead atoms. The smallest absolute Gasteiger partial charge is 0.240 e. The number of piperidine rings is 1. The van der Waals surface area contributed by atoms with E-state index in [1.807, 2.05) is 24.3 Å². The second kappa shape index (κ2) is 7.32. The first kappa shape index (κ1) is 17.8. The zero-order valence-electron chi connectivity index (χ0n) is 13.3. The minimum Gasteiger partial charge on any atom is -0.368 e. The third-order valence-corrected chi connectivity index (χ3v) is 4.83. The monoisotopic (exact) mass is 337 g/mol. The lowest BCUT2D eigenvalue weighted by atomic mass is 9.88. The highest BCUT2D eigenvalue weighted by Crippen LogP contribution is 2.27. The van der Waals surface area contributed by atoms with Crippen molar-refractivity contribution in [3.05, 3.63) is 35.4 Å². The average Bonchev–Trinajstić information content (AvgIpc) is 2.52. The summed E-state index contributed by atoms with van der Waals surface area (Å²) in [5, 5.41) is 3.36. The molecule has 0 aliphatic carbocycles. The fraction of sp³-hybridized carbons (Fsp3) is 0.529. The zero-order valence-corrected chi connectivity index (χ0v) is 14.1. The van der Waals surface area contributed by atoms with Gasteiger partial charge in [-0.1, -0.05) is 24.3 Å². The summed E-state index contributed by atoms with van der Waals surface area (Å²) in [6.45, 7) is 3.43. The number of carbonyl (C=O) groups is 2. The van der Waals surface area contributed by atoms with Gasteiger partial charge < -0.3 is 16.0 Å². The van der Waals surface area contributed by atoms with E-state index in [-0.39, 0.29) is 24.2 Å². The van der Waals surface area contributed by atoms with E-state index in [0.717, 1.165) is 30.5 Å². The Balaban J connectivity index is 0.00000192. The van der Waals surface area contributed by atoms with Crippen LogP contribution in [-0.2, 0) is 22.6 Å². The van der Waals surface area contributed by atoms with Gasteiger partial charge >= 0.3 is 0 Å². The molecule has 6 heteroatoms. The van der Waals surface area contributed by atoms with Gasteiger partial charge in [-0.15, -0.1) is 12.4 Å². The van der Waals surface area contributed by atoms with Crippen molar-refractivity contribution < 1.29 is 9.59 Å². The van der Waals surface area contributed by atoms with Gasteiger partial charge in [0.25, 0.3) is 0 Å². The third-order valence-electron chi connectivity index (χ3n) is 4.83. The highest BCUT2D eigenvalue weighted by atomic mass is 35.5. The lowest BCUT2D eigenvalue weighted by molar-refractivity contribution is -0.145. The molecule has 0 aromatic heterocycles. The van der Waals surface area contributed by atoms with E-state index in [2.05, 4.69) is 12.2 Å². The number of amides is 2. The van der Waals surface area contributed by atoms with Crippen molar-refractivity contribution >= 4 is 24.2 Å². The number of rotatable bonds is 2. The number of primary amides is 1. The van der Waals surface area contributed by atoms with Gasteiger partial charge in [0.15, 0.2) is 0 Å². The average molecular weight is 338 g/mol. The second-order valence-corrected chi connectivity index (χ2v) is 6.43. The number of nitrogens with zero attached hydrogens (tertiary/aromatic N) is 1. The van der Waals surface area contributed by atoms with Crippen LogP contribution in [0.15, 0.2) is 24.3 Å². The van der Waals surface area contributed by atoms with Gasteiger partial charge in [-0.3, -0.25) is 9.59 Å². The van der Waals surface area contributed by atoms with Crippen molar-refractivity contribution in [1.29, 1.82) is 0 Å². The fourth-order valence-corrected chi connectivity index (χ4v) is 3.60. The highest BCUT2D eigenvalue weighted by Gasteiger charge is 2.37. The van der Waals surface area contributed by atoms with E-state index in [4.69, 9.17) is 5.73 Å². The summed E-state index contributed by atoms with van der Waals surface area (Å²) in [7, 11) is 0. The van der Waals surface area contributed by atoms with Crippen LogP contribution < -0.4 is 11.1 Å². The molecule has 1 aromatic carbocycles. The Morgan fingerprint density at radius 2 is 1.96 bits per heavy atom. The van der Waals surface area contributed by atoms with Gasteiger partial charge in [0.2, 0.25) is 11.8 Å². The van der Waals surface area contributed by atoms with Gasteiger partial charge in [-0.2, -0.15) is 0 Å². The number of carbonyl (C=O) groups excluding carboxylic acids is 2. The van der Waals surface area contributed by atoms with Crippen LogP contribution in [0.4, 0.5) is 0 Å². The predicted octanol–water partition coefficient (Wildman–Crippen LogP) is 1.24. The van der Waals surface area contributed by atoms with Crippen LogP contribution in [0.25, 0.3) is 0 Å². The molecule has 2 heterocycles. The summed E-state index contributed by atoms with van der Waals surface area (Å²) in [4.78, 5) is 26.5. The number of nitrogens with one attached hydrogen (secondary N) is 1. The quantitative estimate of drug-likeness (QED) is 0.852. The summed E-state index contributed by atoms with van der Waals surface area (Å²) < 4.78 is 0. The Bertz CT molecular complexity index is 593. The standard InChI is InChI=1S/C17H23N3O2.ClH/c1-11-8-13(6-7-19-11)17(22)20-10-14-5-3-2-4-12(14)9-15(20)16(18)21;/h2-5,11,13,15,19H,6-10H2,1H3,(H2,18,21);1H/t11-,13-,15?;/m0./s1. The maximum absolute atomic E-state index is 12.9. The van der Waals surface area contributed by atoms with E-state index < -0.39 is 11.9 Å². The van der Waals surface area contributed by atoms with E-state index in [1.165, 1.54) is 0 Å². The Morgan fingerprint density at radius 1 is 1.26 bits per heavy atom. The summed E-state index contributed by atoms with van der Waals surface area (Å²) in [6, 6.07) is 7.79. The van der Waals surface area contributed by atoms with Gasteiger partial charge in [0, 0.05) is 24.9 Å². The first-order valence-corrected chi connectivity index (χ1v) is 7.96. The first-order chi connectivity index (χ1) is 10.6. The molecule has 2 aliphatic rings. The predicted molar refractivity (Wildman–Crippen MR) is 91.1 cm³/mol. The maximum Gasteiger partial charge on any atom is 0.240 e. The largest absolute Gasteiger partial charge is 0.368 e. The molecule has 1 fully saturated rings. The minimum atomic E-state index is -0.521. The molecule has 2 aliphatic heterocycles. The summed E-state index contributed by atoms with van der Waals surface area (Å²) >= 11 is 0. The van der Waals surface area contributed by atoms with Crippen molar-refractivity contribution in [1.82, 2.24) is 10.2 Å². The summed E-state index contributed by atoms with van der Waals surface area (Å²) in [5.41, 5.74) is 7.80. The molecule has 0 saturated carbocycles. The van der Waals surface area contributed by atoms with Crippen LogP contribution in [-0.4, -0.2) is 35.3 Å². The molecule has 23 heavy (non-hydrogen) atoms. The van der Waals surface area contributed by atoms with Crippen LogP contribution in [0.5, 0.6) is 0 Å².